The van der Waals surface area contributed by atoms with Gasteiger partial charge < -0.3 is 19.0 Å². The predicted octanol–water partition coefficient (Wildman–Crippen LogP) is 1.61. The van der Waals surface area contributed by atoms with E-state index in [1.165, 1.54) is 33.4 Å². The van der Waals surface area contributed by atoms with Crippen molar-refractivity contribution in [3.05, 3.63) is 68.5 Å². The number of ether oxygens (including phenoxy) is 1. The van der Waals surface area contributed by atoms with Gasteiger partial charge in [0.15, 0.2) is 0 Å². The number of nitrogens with zero attached hydrogens (tertiary/aromatic N) is 2. The summed E-state index contributed by atoms with van der Waals surface area (Å²) in [6.45, 7) is 6.42. The molecule has 140 valence electrons. The number of carbonyl (C=O) groups is 2. The largest absolute Gasteiger partial charge is 0.477 e. The Labute approximate surface area is 150 Å². The number of carboxylic acid groups (broad SMARTS) is 1. The third-order valence-electron chi connectivity index (χ3n) is 3.44. The maximum Gasteiger partial charge on any atom is 0.355 e. The lowest BCUT2D eigenvalue weighted by Crippen LogP contribution is -2.25. The van der Waals surface area contributed by atoms with Gasteiger partial charge in [-0.3, -0.25) is 9.59 Å². The van der Waals surface area contributed by atoms with Crippen LogP contribution in [0.2, 0.25) is 0 Å². The van der Waals surface area contributed by atoms with Gasteiger partial charge >= 0.3 is 11.9 Å². The second-order valence-corrected chi connectivity index (χ2v) is 5.01. The summed E-state index contributed by atoms with van der Waals surface area (Å²) >= 11 is 0. The van der Waals surface area contributed by atoms with Crippen LogP contribution in [0.1, 0.15) is 41.7 Å². The average Bonchev–Trinajstić information content (AvgIpc) is 2.61. The first kappa shape index (κ1) is 20.9. The second kappa shape index (κ2) is 9.97. The van der Waals surface area contributed by atoms with Crippen LogP contribution in [0.5, 0.6) is 0 Å². The Hall–Kier alpha value is -3.16. The fourth-order valence-corrected chi connectivity index (χ4v) is 2.26. The molecule has 0 aliphatic rings. The Balaban J connectivity index is 0.000000263. The zero-order valence-electron chi connectivity index (χ0n) is 15.0. The van der Waals surface area contributed by atoms with Crippen molar-refractivity contribution in [3.8, 4) is 0 Å². The van der Waals surface area contributed by atoms with E-state index in [0.717, 1.165) is 0 Å². The molecule has 0 fully saturated rings. The number of pyridine rings is 2. The molecule has 0 amide bonds. The minimum Gasteiger partial charge on any atom is -0.477 e. The van der Waals surface area contributed by atoms with Crippen LogP contribution in [0, 0.1) is 0 Å². The lowest BCUT2D eigenvalue weighted by Gasteiger charge is -2.08. The van der Waals surface area contributed by atoms with Crippen LogP contribution in [0.3, 0.4) is 0 Å². The first-order valence-corrected chi connectivity index (χ1v) is 8.17. The Morgan fingerprint density at radius 1 is 0.885 bits per heavy atom. The molecule has 8 heteroatoms. The molecule has 0 aliphatic heterocycles. The summed E-state index contributed by atoms with van der Waals surface area (Å²) in [6, 6.07) is 8.76. The number of aromatic nitrogens is 2. The molecule has 0 bridgehead atoms. The molecule has 2 aromatic heterocycles. The summed E-state index contributed by atoms with van der Waals surface area (Å²) in [5.41, 5.74) is -0.123. The standard InChI is InChI=1S/C10H13NO3.C8H9NO3/c1-3-11-8(10(13)14-4-2)6-5-7-9(11)12;1-2-9-6(8(11)12)4-3-5-7(9)10/h5-7H,3-4H2,1-2H3;3-5H,2H2,1H3,(H,11,12). The van der Waals surface area contributed by atoms with Gasteiger partial charge in [0, 0.05) is 25.2 Å². The van der Waals surface area contributed by atoms with E-state index in [1.54, 1.807) is 26.0 Å². The zero-order chi connectivity index (χ0) is 19.7. The van der Waals surface area contributed by atoms with Crippen LogP contribution in [0.15, 0.2) is 46.0 Å². The molecule has 0 aliphatic carbocycles. The third kappa shape index (κ3) is 5.17. The second-order valence-electron chi connectivity index (χ2n) is 5.01. The molecule has 0 saturated heterocycles. The van der Waals surface area contributed by atoms with Gasteiger partial charge in [-0.1, -0.05) is 12.1 Å². The fourth-order valence-electron chi connectivity index (χ4n) is 2.26. The molecule has 26 heavy (non-hydrogen) atoms. The van der Waals surface area contributed by atoms with Crippen molar-refractivity contribution < 1.29 is 19.4 Å². The number of carbonyl (C=O) groups excluding carboxylic acids is 1. The average molecular weight is 362 g/mol. The molecule has 2 heterocycles. The van der Waals surface area contributed by atoms with Gasteiger partial charge in [0.05, 0.1) is 6.61 Å². The van der Waals surface area contributed by atoms with Gasteiger partial charge in [-0.05, 0) is 32.9 Å². The predicted molar refractivity (Wildman–Crippen MR) is 95.7 cm³/mol. The lowest BCUT2D eigenvalue weighted by molar-refractivity contribution is 0.0511. The van der Waals surface area contributed by atoms with E-state index in [0.29, 0.717) is 25.4 Å². The highest BCUT2D eigenvalue weighted by atomic mass is 16.5. The first-order chi connectivity index (χ1) is 12.4. The maximum atomic E-state index is 11.4. The number of aromatic carboxylic acids is 1. The van der Waals surface area contributed by atoms with Gasteiger partial charge in [-0.2, -0.15) is 0 Å². The number of esters is 1. The van der Waals surface area contributed by atoms with Gasteiger partial charge in [-0.25, -0.2) is 9.59 Å². The van der Waals surface area contributed by atoms with Crippen LogP contribution < -0.4 is 11.1 Å². The Kier molecular flexibility index (Phi) is 8.01. The Morgan fingerprint density at radius 2 is 1.35 bits per heavy atom. The monoisotopic (exact) mass is 362 g/mol. The van der Waals surface area contributed by atoms with Crippen molar-refractivity contribution in [2.24, 2.45) is 0 Å². The van der Waals surface area contributed by atoms with E-state index in [-0.39, 0.29) is 16.8 Å². The van der Waals surface area contributed by atoms with E-state index in [4.69, 9.17) is 9.84 Å². The maximum absolute atomic E-state index is 11.4. The summed E-state index contributed by atoms with van der Waals surface area (Å²) in [4.78, 5) is 44.4. The summed E-state index contributed by atoms with van der Waals surface area (Å²) in [5, 5.41) is 8.66. The smallest absolute Gasteiger partial charge is 0.355 e. The molecule has 0 aromatic carbocycles. The van der Waals surface area contributed by atoms with E-state index < -0.39 is 11.9 Å². The van der Waals surface area contributed by atoms with Crippen molar-refractivity contribution in [1.29, 1.82) is 0 Å². The molecular weight excluding hydrogens is 340 g/mol. The van der Waals surface area contributed by atoms with Crippen LogP contribution in [-0.2, 0) is 17.8 Å². The van der Waals surface area contributed by atoms with E-state index in [9.17, 15) is 19.2 Å². The van der Waals surface area contributed by atoms with E-state index in [2.05, 4.69) is 0 Å². The van der Waals surface area contributed by atoms with Gasteiger partial charge in [0.25, 0.3) is 11.1 Å². The molecule has 2 aromatic rings. The molecule has 0 atom stereocenters. The topological polar surface area (TPSA) is 108 Å². The highest BCUT2D eigenvalue weighted by Crippen LogP contribution is 1.99. The summed E-state index contributed by atoms with van der Waals surface area (Å²) < 4.78 is 7.42. The number of rotatable bonds is 5. The number of hydrogen-bond acceptors (Lipinski definition) is 5. The minimum atomic E-state index is -1.07. The quantitative estimate of drug-likeness (QED) is 0.810. The Morgan fingerprint density at radius 3 is 1.73 bits per heavy atom. The molecule has 2 rings (SSSR count). The molecule has 0 radical (unpaired) electrons. The normalized spacial score (nSPS) is 9.81. The molecule has 0 unspecified atom stereocenters. The summed E-state index contributed by atoms with van der Waals surface area (Å²) in [7, 11) is 0. The van der Waals surface area contributed by atoms with Crippen LogP contribution in [0.25, 0.3) is 0 Å². The minimum absolute atomic E-state index is 0.0324. The van der Waals surface area contributed by atoms with Crippen LogP contribution in [0.4, 0.5) is 0 Å². The molecule has 0 spiro atoms. The number of carboxylic acids is 1. The molecular formula is C18H22N2O6. The number of hydrogen-bond donors (Lipinski definition) is 1. The highest BCUT2D eigenvalue weighted by Gasteiger charge is 2.11. The molecule has 8 nitrogen and oxygen atoms in total. The highest BCUT2D eigenvalue weighted by molar-refractivity contribution is 5.87. The van der Waals surface area contributed by atoms with E-state index in [1.807, 2.05) is 6.92 Å². The van der Waals surface area contributed by atoms with Crippen molar-refractivity contribution in [2.45, 2.75) is 33.9 Å². The van der Waals surface area contributed by atoms with Crippen molar-refractivity contribution in [2.75, 3.05) is 6.61 Å². The van der Waals surface area contributed by atoms with Crippen LogP contribution >= 0.6 is 0 Å². The van der Waals surface area contributed by atoms with Gasteiger partial charge in [0.2, 0.25) is 0 Å². The van der Waals surface area contributed by atoms with Gasteiger partial charge in [-0.15, -0.1) is 0 Å². The SMILES string of the molecule is CCOC(=O)c1cccc(=O)n1CC.CCn1c(C(=O)O)cccc1=O. The summed E-state index contributed by atoms with van der Waals surface area (Å²) in [5.74, 6) is -1.53. The molecule has 1 N–H and O–H groups in total. The zero-order valence-corrected chi connectivity index (χ0v) is 15.0. The van der Waals surface area contributed by atoms with Crippen molar-refractivity contribution in [3.63, 3.8) is 0 Å². The lowest BCUT2D eigenvalue weighted by atomic mass is 10.3. The van der Waals surface area contributed by atoms with Crippen molar-refractivity contribution >= 4 is 11.9 Å². The Bertz CT molecular complexity index is 882. The third-order valence-corrected chi connectivity index (χ3v) is 3.44. The van der Waals surface area contributed by atoms with Crippen LogP contribution in [-0.4, -0.2) is 32.8 Å². The molecule has 0 saturated carbocycles. The first-order valence-electron chi connectivity index (χ1n) is 8.17. The van der Waals surface area contributed by atoms with Gasteiger partial charge in [0.1, 0.15) is 11.4 Å². The fraction of sp³-hybridized carbons (Fsp3) is 0.333. The summed E-state index contributed by atoms with van der Waals surface area (Å²) in [6.07, 6.45) is 0. The van der Waals surface area contributed by atoms with E-state index >= 15 is 0 Å². The van der Waals surface area contributed by atoms with Crippen molar-refractivity contribution in [1.82, 2.24) is 9.13 Å².